The van der Waals surface area contributed by atoms with Crippen molar-refractivity contribution in [3.05, 3.63) is 53.1 Å². The van der Waals surface area contributed by atoms with E-state index in [0.717, 1.165) is 15.4 Å². The van der Waals surface area contributed by atoms with Crippen molar-refractivity contribution >= 4 is 27.5 Å². The van der Waals surface area contributed by atoms with Gasteiger partial charge in [0.25, 0.3) is 5.91 Å². The van der Waals surface area contributed by atoms with Gasteiger partial charge in [0.2, 0.25) is 15.9 Å². The predicted octanol–water partition coefficient (Wildman–Crippen LogP) is 2.35. The number of aryl methyl sites for hydroxylation is 2. The minimum atomic E-state index is -3.94. The molecule has 2 amide bonds. The van der Waals surface area contributed by atoms with Gasteiger partial charge in [-0.05, 0) is 37.5 Å². The van der Waals surface area contributed by atoms with Crippen molar-refractivity contribution in [2.75, 3.05) is 18.9 Å². The van der Waals surface area contributed by atoms with Gasteiger partial charge in [0.15, 0.2) is 6.10 Å². The number of hydrogen-bond donors (Lipinski definition) is 2. The number of nitrogens with one attached hydrogen (secondary N) is 2. The van der Waals surface area contributed by atoms with Crippen molar-refractivity contribution in [3.8, 4) is 5.75 Å². The van der Waals surface area contributed by atoms with E-state index in [0.29, 0.717) is 30.0 Å². The zero-order chi connectivity index (χ0) is 22.8. The summed E-state index contributed by atoms with van der Waals surface area (Å²) in [5.74, 6) is -0.364. The molecule has 1 unspecified atom stereocenters. The fraction of sp³-hybridized carbons (Fsp3) is 0.364. The van der Waals surface area contributed by atoms with Crippen molar-refractivity contribution in [3.63, 3.8) is 0 Å². The number of ether oxygens (including phenoxy) is 1. The number of fused-ring (bicyclic) bond motifs is 1. The summed E-state index contributed by atoms with van der Waals surface area (Å²) in [6, 6.07) is 10.7. The summed E-state index contributed by atoms with van der Waals surface area (Å²) in [5, 5.41) is 5.48. The van der Waals surface area contributed by atoms with E-state index in [1.807, 2.05) is 38.1 Å². The van der Waals surface area contributed by atoms with Crippen molar-refractivity contribution in [2.45, 2.75) is 44.7 Å². The zero-order valence-corrected chi connectivity index (χ0v) is 18.9. The largest absolute Gasteiger partial charge is 0.478 e. The normalized spacial score (nSPS) is 15.8. The van der Waals surface area contributed by atoms with Crippen molar-refractivity contribution in [1.82, 2.24) is 9.62 Å². The molecule has 0 saturated heterocycles. The van der Waals surface area contributed by atoms with Gasteiger partial charge in [-0.1, -0.05) is 36.8 Å². The molecule has 0 bridgehead atoms. The van der Waals surface area contributed by atoms with Crippen LogP contribution in [-0.4, -0.2) is 44.2 Å². The molecule has 0 fully saturated rings. The number of nitrogens with zero attached hydrogens (tertiary/aromatic N) is 1. The van der Waals surface area contributed by atoms with Crippen LogP contribution in [0, 0.1) is 13.8 Å². The van der Waals surface area contributed by atoms with E-state index in [4.69, 9.17) is 4.74 Å². The molecule has 1 heterocycles. The first kappa shape index (κ1) is 22.8. The van der Waals surface area contributed by atoms with Gasteiger partial charge in [-0.25, -0.2) is 8.42 Å². The number of carbonyl (C=O) groups excluding carboxylic acids is 2. The summed E-state index contributed by atoms with van der Waals surface area (Å²) in [6.45, 7) is 5.42. The Bertz CT molecular complexity index is 1100. The molecule has 2 aromatic carbocycles. The van der Waals surface area contributed by atoms with Gasteiger partial charge in [-0.3, -0.25) is 9.59 Å². The Morgan fingerprint density at radius 3 is 2.52 bits per heavy atom. The lowest BCUT2D eigenvalue weighted by Crippen LogP contribution is -2.39. The summed E-state index contributed by atoms with van der Waals surface area (Å²) < 4.78 is 32.9. The van der Waals surface area contributed by atoms with Crippen LogP contribution < -0.4 is 15.4 Å². The monoisotopic (exact) mass is 445 g/mol. The van der Waals surface area contributed by atoms with E-state index < -0.39 is 22.0 Å². The molecule has 0 spiro atoms. The Morgan fingerprint density at radius 1 is 1.19 bits per heavy atom. The molecule has 9 heteroatoms. The van der Waals surface area contributed by atoms with Crippen LogP contribution in [0.25, 0.3) is 0 Å². The van der Waals surface area contributed by atoms with Crippen LogP contribution in [0.15, 0.2) is 41.3 Å². The predicted molar refractivity (Wildman–Crippen MR) is 117 cm³/mol. The zero-order valence-electron chi connectivity index (χ0n) is 18.1. The van der Waals surface area contributed by atoms with Gasteiger partial charge in [0.1, 0.15) is 5.75 Å². The Kier molecular flexibility index (Phi) is 6.66. The molecule has 0 saturated carbocycles. The van der Waals surface area contributed by atoms with Gasteiger partial charge in [-0.2, -0.15) is 4.31 Å². The van der Waals surface area contributed by atoms with Gasteiger partial charge < -0.3 is 15.4 Å². The van der Waals surface area contributed by atoms with Gasteiger partial charge in [0, 0.05) is 19.7 Å². The average molecular weight is 446 g/mol. The molecular weight excluding hydrogens is 418 g/mol. The number of anilines is 1. The SMILES string of the molecule is CCC1Oc2cc(S(=O)(=O)N(C)CC(=O)NCc3ccc(C)cc3)c(C)cc2NC1=O. The lowest BCUT2D eigenvalue weighted by molar-refractivity contribution is -0.123. The van der Waals surface area contributed by atoms with Crippen LogP contribution in [0.5, 0.6) is 5.75 Å². The van der Waals surface area contributed by atoms with Crippen molar-refractivity contribution < 1.29 is 22.7 Å². The second kappa shape index (κ2) is 9.07. The fourth-order valence-electron chi connectivity index (χ4n) is 3.25. The van der Waals surface area contributed by atoms with Crippen LogP contribution in [0.3, 0.4) is 0 Å². The topological polar surface area (TPSA) is 105 Å². The Labute approximate surface area is 182 Å². The minimum Gasteiger partial charge on any atom is -0.478 e. The van der Waals surface area contributed by atoms with E-state index in [1.54, 1.807) is 13.0 Å². The highest BCUT2D eigenvalue weighted by Gasteiger charge is 2.31. The molecule has 0 aromatic heterocycles. The molecular formula is C22H27N3O5S. The number of likely N-dealkylation sites (N-methyl/N-ethyl adjacent to an activating group) is 1. The smallest absolute Gasteiger partial charge is 0.265 e. The van der Waals surface area contributed by atoms with E-state index >= 15 is 0 Å². The Morgan fingerprint density at radius 2 is 1.87 bits per heavy atom. The number of carbonyl (C=O) groups is 2. The third kappa shape index (κ3) is 5.05. The van der Waals surface area contributed by atoms with E-state index in [-0.39, 0.29) is 17.3 Å². The highest BCUT2D eigenvalue weighted by atomic mass is 32.2. The summed E-state index contributed by atoms with van der Waals surface area (Å²) >= 11 is 0. The third-order valence-corrected chi connectivity index (χ3v) is 7.08. The first-order chi connectivity index (χ1) is 14.6. The standard InChI is InChI=1S/C22H27N3O5S/c1-5-18-22(27)24-17-10-15(3)20(11-19(17)30-18)31(28,29)25(4)13-21(26)23-12-16-8-6-14(2)7-9-16/h6-11,18H,5,12-13H2,1-4H3,(H,23,26)(H,24,27). The quantitative estimate of drug-likeness (QED) is 0.681. The van der Waals surface area contributed by atoms with Crippen LogP contribution >= 0.6 is 0 Å². The summed E-state index contributed by atoms with van der Waals surface area (Å²) in [4.78, 5) is 24.3. The van der Waals surface area contributed by atoms with Crippen LogP contribution in [0.2, 0.25) is 0 Å². The van der Waals surface area contributed by atoms with Crippen LogP contribution in [-0.2, 0) is 26.2 Å². The molecule has 3 rings (SSSR count). The third-order valence-electron chi connectivity index (χ3n) is 5.13. The molecule has 2 aromatic rings. The summed E-state index contributed by atoms with van der Waals surface area (Å²) in [6.07, 6.45) is -0.210. The average Bonchev–Trinajstić information content (AvgIpc) is 2.72. The highest BCUT2D eigenvalue weighted by Crippen LogP contribution is 2.35. The first-order valence-electron chi connectivity index (χ1n) is 10.0. The Balaban J connectivity index is 1.72. The van der Waals surface area contributed by atoms with Gasteiger partial charge >= 0.3 is 0 Å². The van der Waals surface area contributed by atoms with Crippen LogP contribution in [0.4, 0.5) is 5.69 Å². The number of rotatable bonds is 7. The molecule has 1 aliphatic heterocycles. The van der Waals surface area contributed by atoms with Gasteiger partial charge in [-0.15, -0.1) is 0 Å². The second-order valence-corrected chi connectivity index (χ2v) is 9.65. The molecule has 8 nitrogen and oxygen atoms in total. The first-order valence-corrected chi connectivity index (χ1v) is 11.5. The maximum absolute atomic E-state index is 13.1. The highest BCUT2D eigenvalue weighted by molar-refractivity contribution is 7.89. The molecule has 1 atom stereocenters. The summed E-state index contributed by atoms with van der Waals surface area (Å²) in [7, 11) is -2.59. The molecule has 0 radical (unpaired) electrons. The Hall–Kier alpha value is -2.91. The fourth-order valence-corrected chi connectivity index (χ4v) is 4.59. The molecule has 2 N–H and O–H groups in total. The maximum Gasteiger partial charge on any atom is 0.265 e. The second-order valence-electron chi connectivity index (χ2n) is 7.64. The van der Waals surface area contributed by atoms with E-state index in [2.05, 4.69) is 10.6 Å². The van der Waals surface area contributed by atoms with E-state index in [9.17, 15) is 18.0 Å². The molecule has 166 valence electrons. The molecule has 1 aliphatic rings. The van der Waals surface area contributed by atoms with Crippen molar-refractivity contribution in [1.29, 1.82) is 0 Å². The number of amides is 2. The number of benzene rings is 2. The number of hydrogen-bond acceptors (Lipinski definition) is 5. The maximum atomic E-state index is 13.1. The lowest BCUT2D eigenvalue weighted by Gasteiger charge is -2.27. The number of sulfonamides is 1. The van der Waals surface area contributed by atoms with E-state index in [1.165, 1.54) is 13.1 Å². The molecule has 0 aliphatic carbocycles. The minimum absolute atomic E-state index is 0.0334. The van der Waals surface area contributed by atoms with Gasteiger partial charge in [0.05, 0.1) is 17.1 Å². The summed E-state index contributed by atoms with van der Waals surface area (Å²) in [5.41, 5.74) is 2.93. The van der Waals surface area contributed by atoms with Crippen LogP contribution in [0.1, 0.15) is 30.0 Å². The molecule has 31 heavy (non-hydrogen) atoms. The van der Waals surface area contributed by atoms with Crippen molar-refractivity contribution in [2.24, 2.45) is 0 Å². The lowest BCUT2D eigenvalue weighted by atomic mass is 10.1.